The molecule has 0 aromatic heterocycles. The number of piperazine rings is 1. The van der Waals surface area contributed by atoms with Crippen LogP contribution in [0.5, 0.6) is 0 Å². The van der Waals surface area contributed by atoms with Gasteiger partial charge in [-0.3, -0.25) is 9.69 Å². The number of halogens is 1. The third-order valence-electron chi connectivity index (χ3n) is 3.51. The Hall–Kier alpha value is -1.75. The van der Waals surface area contributed by atoms with E-state index in [1.54, 1.807) is 23.1 Å². The molecule has 0 aliphatic carbocycles. The molecule has 1 aliphatic rings. The summed E-state index contributed by atoms with van der Waals surface area (Å²) in [5.74, 6) is -0.332. The van der Waals surface area contributed by atoms with Crippen LogP contribution in [0.4, 0.5) is 4.39 Å². The van der Waals surface area contributed by atoms with Crippen LogP contribution in [-0.4, -0.2) is 48.2 Å². The van der Waals surface area contributed by atoms with E-state index < -0.39 is 6.04 Å². The van der Waals surface area contributed by atoms with Gasteiger partial charge in [0.05, 0.1) is 6.04 Å². The number of aldehydes is 1. The predicted molar refractivity (Wildman–Crippen MR) is 69.0 cm³/mol. The quantitative estimate of drug-likeness (QED) is 0.771. The summed E-state index contributed by atoms with van der Waals surface area (Å²) in [5, 5.41) is 0. The molecule has 1 heterocycles. The Morgan fingerprint density at radius 1 is 1.26 bits per heavy atom. The Kier molecular flexibility index (Phi) is 4.27. The molecule has 1 fully saturated rings. The van der Waals surface area contributed by atoms with Crippen molar-refractivity contribution < 1.29 is 14.0 Å². The zero-order valence-corrected chi connectivity index (χ0v) is 10.9. The number of amides is 1. The second-order valence-corrected chi connectivity index (χ2v) is 4.64. The molecule has 102 valence electrons. The fourth-order valence-electron chi connectivity index (χ4n) is 2.39. The van der Waals surface area contributed by atoms with Crippen molar-refractivity contribution in [2.75, 3.05) is 26.2 Å². The second-order valence-electron chi connectivity index (χ2n) is 4.64. The van der Waals surface area contributed by atoms with Gasteiger partial charge in [0.25, 0.3) is 0 Å². The van der Waals surface area contributed by atoms with Crippen LogP contribution in [0.1, 0.15) is 18.5 Å². The summed E-state index contributed by atoms with van der Waals surface area (Å²) < 4.78 is 13.7. The van der Waals surface area contributed by atoms with E-state index in [4.69, 9.17) is 0 Å². The van der Waals surface area contributed by atoms with E-state index in [1.807, 2.05) is 4.90 Å². The maximum atomic E-state index is 13.7. The highest BCUT2D eigenvalue weighted by Crippen LogP contribution is 2.22. The molecule has 0 N–H and O–H groups in total. The van der Waals surface area contributed by atoms with E-state index in [0.717, 1.165) is 6.29 Å². The molecule has 0 bridgehead atoms. The summed E-state index contributed by atoms with van der Waals surface area (Å²) in [5.41, 5.74) is 0.397. The third kappa shape index (κ3) is 2.98. The Morgan fingerprint density at radius 2 is 1.89 bits per heavy atom. The first kappa shape index (κ1) is 13.7. The maximum Gasteiger partial charge on any atom is 0.219 e. The highest BCUT2D eigenvalue weighted by Gasteiger charge is 2.27. The maximum absolute atomic E-state index is 13.7. The van der Waals surface area contributed by atoms with Crippen molar-refractivity contribution in [2.24, 2.45) is 0 Å². The van der Waals surface area contributed by atoms with E-state index in [2.05, 4.69) is 0 Å². The SMILES string of the molecule is CC(=O)N1CCN(C(C=O)c2ccccc2F)CC1. The molecule has 1 aromatic rings. The first-order chi connectivity index (χ1) is 9.13. The molecular formula is C14H17FN2O2. The summed E-state index contributed by atoms with van der Waals surface area (Å²) in [6, 6.07) is 5.74. The average molecular weight is 264 g/mol. The van der Waals surface area contributed by atoms with Crippen molar-refractivity contribution in [1.82, 2.24) is 9.80 Å². The van der Waals surface area contributed by atoms with Crippen LogP contribution in [-0.2, 0) is 9.59 Å². The summed E-state index contributed by atoms with van der Waals surface area (Å²) in [6.07, 6.45) is 0.766. The molecule has 5 heteroatoms. The van der Waals surface area contributed by atoms with Crippen LogP contribution in [0.2, 0.25) is 0 Å². The molecule has 1 atom stereocenters. The molecule has 0 radical (unpaired) electrons. The lowest BCUT2D eigenvalue weighted by molar-refractivity contribution is -0.131. The van der Waals surface area contributed by atoms with Crippen LogP contribution >= 0.6 is 0 Å². The summed E-state index contributed by atoms with van der Waals surface area (Å²) in [6.45, 7) is 3.85. The molecule has 0 spiro atoms. The highest BCUT2D eigenvalue weighted by molar-refractivity contribution is 5.73. The van der Waals surface area contributed by atoms with E-state index in [1.165, 1.54) is 13.0 Å². The van der Waals surface area contributed by atoms with Crippen LogP contribution in [0.25, 0.3) is 0 Å². The molecule has 1 unspecified atom stereocenters. The zero-order chi connectivity index (χ0) is 13.8. The Labute approximate surface area is 111 Å². The van der Waals surface area contributed by atoms with Gasteiger partial charge in [-0.1, -0.05) is 18.2 Å². The standard InChI is InChI=1S/C14H17FN2O2/c1-11(19)16-6-8-17(9-7-16)14(10-18)12-4-2-3-5-13(12)15/h2-5,10,14H,6-9H2,1H3. The Morgan fingerprint density at radius 3 is 2.42 bits per heavy atom. The minimum atomic E-state index is -0.574. The van der Waals surface area contributed by atoms with Gasteiger partial charge in [0.2, 0.25) is 5.91 Å². The monoisotopic (exact) mass is 264 g/mol. The minimum Gasteiger partial charge on any atom is -0.340 e. The molecule has 1 saturated heterocycles. The van der Waals surface area contributed by atoms with E-state index in [-0.39, 0.29) is 11.7 Å². The van der Waals surface area contributed by atoms with Gasteiger partial charge in [0.15, 0.2) is 0 Å². The highest BCUT2D eigenvalue weighted by atomic mass is 19.1. The van der Waals surface area contributed by atoms with Crippen molar-refractivity contribution in [3.8, 4) is 0 Å². The van der Waals surface area contributed by atoms with E-state index in [0.29, 0.717) is 31.7 Å². The molecule has 19 heavy (non-hydrogen) atoms. The number of hydrogen-bond acceptors (Lipinski definition) is 3. The summed E-state index contributed by atoms with van der Waals surface area (Å²) >= 11 is 0. The van der Waals surface area contributed by atoms with Gasteiger partial charge >= 0.3 is 0 Å². The lowest BCUT2D eigenvalue weighted by Crippen LogP contribution is -2.49. The second kappa shape index (κ2) is 5.93. The molecule has 0 saturated carbocycles. The van der Waals surface area contributed by atoms with E-state index >= 15 is 0 Å². The molecular weight excluding hydrogens is 247 g/mol. The molecule has 1 aliphatic heterocycles. The van der Waals surface area contributed by atoms with Crippen molar-refractivity contribution in [1.29, 1.82) is 0 Å². The van der Waals surface area contributed by atoms with Gasteiger partial charge in [-0.15, -0.1) is 0 Å². The number of carbonyl (C=O) groups excluding carboxylic acids is 2. The van der Waals surface area contributed by atoms with Crippen molar-refractivity contribution >= 4 is 12.2 Å². The number of benzene rings is 1. The summed E-state index contributed by atoms with van der Waals surface area (Å²) in [7, 11) is 0. The fraction of sp³-hybridized carbons (Fsp3) is 0.429. The van der Waals surface area contributed by atoms with Crippen molar-refractivity contribution in [3.63, 3.8) is 0 Å². The van der Waals surface area contributed by atoms with Crippen molar-refractivity contribution in [2.45, 2.75) is 13.0 Å². The predicted octanol–water partition coefficient (Wildman–Crippen LogP) is 1.23. The Balaban J connectivity index is 2.10. The first-order valence-electron chi connectivity index (χ1n) is 6.32. The fourth-order valence-corrected chi connectivity index (χ4v) is 2.39. The smallest absolute Gasteiger partial charge is 0.219 e. The van der Waals surface area contributed by atoms with E-state index in [9.17, 15) is 14.0 Å². The lowest BCUT2D eigenvalue weighted by atomic mass is 10.0. The van der Waals surface area contributed by atoms with Gasteiger partial charge in [0, 0.05) is 38.7 Å². The molecule has 1 aromatic carbocycles. The molecule has 2 rings (SSSR count). The van der Waals surface area contributed by atoms with Crippen LogP contribution in [0.15, 0.2) is 24.3 Å². The van der Waals surface area contributed by atoms with Crippen LogP contribution in [0, 0.1) is 5.82 Å². The summed E-state index contributed by atoms with van der Waals surface area (Å²) in [4.78, 5) is 26.2. The minimum absolute atomic E-state index is 0.0354. The van der Waals surface area contributed by atoms with Gasteiger partial charge in [0.1, 0.15) is 12.1 Å². The largest absolute Gasteiger partial charge is 0.340 e. The van der Waals surface area contributed by atoms with Crippen molar-refractivity contribution in [3.05, 3.63) is 35.6 Å². The Bertz CT molecular complexity index is 470. The van der Waals surface area contributed by atoms with Gasteiger partial charge < -0.3 is 9.69 Å². The van der Waals surface area contributed by atoms with Gasteiger partial charge in [-0.2, -0.15) is 0 Å². The number of nitrogens with zero attached hydrogens (tertiary/aromatic N) is 2. The first-order valence-corrected chi connectivity index (χ1v) is 6.32. The zero-order valence-electron chi connectivity index (χ0n) is 10.9. The third-order valence-corrected chi connectivity index (χ3v) is 3.51. The number of carbonyl (C=O) groups is 2. The van der Waals surface area contributed by atoms with Crippen LogP contribution in [0.3, 0.4) is 0 Å². The topological polar surface area (TPSA) is 40.6 Å². The normalized spacial score (nSPS) is 18.1. The van der Waals surface area contributed by atoms with Gasteiger partial charge in [-0.25, -0.2) is 4.39 Å². The molecule has 4 nitrogen and oxygen atoms in total. The number of hydrogen-bond donors (Lipinski definition) is 0. The average Bonchev–Trinajstić information content (AvgIpc) is 2.42. The van der Waals surface area contributed by atoms with Gasteiger partial charge in [-0.05, 0) is 6.07 Å². The number of rotatable bonds is 3. The lowest BCUT2D eigenvalue weighted by Gasteiger charge is -2.37. The van der Waals surface area contributed by atoms with Crippen LogP contribution < -0.4 is 0 Å². The molecule has 1 amide bonds.